The minimum atomic E-state index is -1.18. The number of nitrogens with zero attached hydrogens (tertiary/aromatic N) is 6. The number of ether oxygens (including phenoxy) is 2. The predicted octanol–water partition coefficient (Wildman–Crippen LogP) is 6.25. The second-order valence-corrected chi connectivity index (χ2v) is 10.3. The van der Waals surface area contributed by atoms with Gasteiger partial charge in [0.2, 0.25) is 0 Å². The molecule has 0 unspecified atom stereocenters. The third-order valence-corrected chi connectivity index (χ3v) is 7.07. The molecule has 1 aliphatic carbocycles. The van der Waals surface area contributed by atoms with Crippen LogP contribution < -0.4 is 0 Å². The molecule has 39 heavy (non-hydrogen) atoms. The van der Waals surface area contributed by atoms with Crippen molar-refractivity contribution in [2.24, 2.45) is 5.92 Å². The van der Waals surface area contributed by atoms with Crippen molar-refractivity contribution < 1.29 is 9.47 Å². The summed E-state index contributed by atoms with van der Waals surface area (Å²) in [6, 6.07) is 11.4. The molecule has 0 aromatic heterocycles. The van der Waals surface area contributed by atoms with Gasteiger partial charge in [-0.2, -0.15) is 31.6 Å². The van der Waals surface area contributed by atoms with Crippen LogP contribution >= 0.6 is 11.6 Å². The highest BCUT2D eigenvalue weighted by molar-refractivity contribution is 6.32. The summed E-state index contributed by atoms with van der Waals surface area (Å²) in [7, 11) is 0. The van der Waals surface area contributed by atoms with E-state index in [1.54, 1.807) is 52.0 Å². The van der Waals surface area contributed by atoms with Gasteiger partial charge in [0.1, 0.15) is 46.8 Å². The number of halogens is 1. The summed E-state index contributed by atoms with van der Waals surface area (Å²) in [5.41, 5.74) is 0.932. The van der Waals surface area contributed by atoms with Crippen molar-refractivity contribution in [3.8, 4) is 36.4 Å². The lowest BCUT2D eigenvalue weighted by Gasteiger charge is -2.22. The summed E-state index contributed by atoms with van der Waals surface area (Å²) in [6.45, 7) is 7.03. The Hall–Kier alpha value is -4.99. The van der Waals surface area contributed by atoms with Crippen LogP contribution in [0.5, 0.6) is 0 Å². The Balaban J connectivity index is 2.05. The van der Waals surface area contributed by atoms with E-state index in [4.69, 9.17) is 21.1 Å². The number of allylic oxidation sites excluding steroid dienone is 9. The Labute approximate surface area is 232 Å². The molecule has 2 aliphatic heterocycles. The zero-order chi connectivity index (χ0) is 29.0. The normalized spacial score (nSPS) is 21.7. The summed E-state index contributed by atoms with van der Waals surface area (Å²) in [4.78, 5) is 0. The van der Waals surface area contributed by atoms with Crippen LogP contribution in [0.25, 0.3) is 0 Å². The maximum absolute atomic E-state index is 9.76. The molecule has 0 amide bonds. The van der Waals surface area contributed by atoms with Crippen LogP contribution in [-0.4, -0.2) is 11.2 Å². The molecule has 3 rings (SSSR count). The van der Waals surface area contributed by atoms with E-state index in [1.165, 1.54) is 0 Å². The molecule has 0 bridgehead atoms. The summed E-state index contributed by atoms with van der Waals surface area (Å²) in [6.07, 6.45) is 9.31. The molecule has 0 atom stereocenters. The van der Waals surface area contributed by atoms with E-state index in [9.17, 15) is 31.6 Å². The molecule has 192 valence electrons. The van der Waals surface area contributed by atoms with Crippen LogP contribution in [0.2, 0.25) is 0 Å². The van der Waals surface area contributed by atoms with Crippen molar-refractivity contribution in [1.29, 1.82) is 31.6 Å². The van der Waals surface area contributed by atoms with Gasteiger partial charge in [0.05, 0.1) is 17.7 Å². The average Bonchev–Trinajstić information content (AvgIpc) is 3.31. The van der Waals surface area contributed by atoms with E-state index >= 15 is 0 Å². The molecule has 0 saturated carbocycles. The minimum absolute atomic E-state index is 0.0276. The first kappa shape index (κ1) is 28.6. The fourth-order valence-electron chi connectivity index (χ4n) is 4.62. The molecule has 0 aromatic rings. The molecule has 0 aromatic carbocycles. The summed E-state index contributed by atoms with van der Waals surface area (Å²) >= 11 is 6.78. The van der Waals surface area contributed by atoms with Gasteiger partial charge in [0, 0.05) is 16.2 Å². The fourth-order valence-corrected chi connectivity index (χ4v) is 4.94. The molecular formula is C30H23ClN6O2. The quantitative estimate of drug-likeness (QED) is 0.382. The molecule has 3 aliphatic rings. The van der Waals surface area contributed by atoms with Crippen molar-refractivity contribution in [2.75, 3.05) is 0 Å². The zero-order valence-corrected chi connectivity index (χ0v) is 22.6. The van der Waals surface area contributed by atoms with Gasteiger partial charge in [-0.1, -0.05) is 35.9 Å². The van der Waals surface area contributed by atoms with E-state index < -0.39 is 17.1 Å². The zero-order valence-electron chi connectivity index (χ0n) is 21.9. The fraction of sp³-hybridized carbons (Fsp3) is 0.333. The maximum atomic E-state index is 9.76. The second kappa shape index (κ2) is 11.2. The van der Waals surface area contributed by atoms with Gasteiger partial charge in [-0.05, 0) is 58.1 Å². The van der Waals surface area contributed by atoms with E-state index in [-0.39, 0.29) is 28.2 Å². The molecule has 0 saturated heterocycles. The molecule has 2 heterocycles. The predicted molar refractivity (Wildman–Crippen MR) is 141 cm³/mol. The van der Waals surface area contributed by atoms with Crippen molar-refractivity contribution in [1.82, 2.24) is 0 Å². The van der Waals surface area contributed by atoms with Gasteiger partial charge in [0.15, 0.2) is 17.3 Å². The Bertz CT molecular complexity index is 1570. The minimum Gasteiger partial charge on any atom is -0.484 e. The van der Waals surface area contributed by atoms with Crippen LogP contribution in [0, 0.1) is 73.9 Å². The van der Waals surface area contributed by atoms with Gasteiger partial charge >= 0.3 is 0 Å². The number of hydrogen-bond donors (Lipinski definition) is 0. The first-order valence-electron chi connectivity index (χ1n) is 12.0. The van der Waals surface area contributed by atoms with E-state index in [1.807, 2.05) is 24.3 Å². The summed E-state index contributed by atoms with van der Waals surface area (Å²) in [5.74, 6) is -1.16. The van der Waals surface area contributed by atoms with Crippen LogP contribution in [0.3, 0.4) is 0 Å². The molecular weight excluding hydrogens is 512 g/mol. The van der Waals surface area contributed by atoms with Crippen molar-refractivity contribution in [3.63, 3.8) is 0 Å². The van der Waals surface area contributed by atoms with E-state index in [0.717, 1.165) is 17.6 Å². The number of nitriles is 6. The van der Waals surface area contributed by atoms with Gasteiger partial charge in [0.25, 0.3) is 0 Å². The van der Waals surface area contributed by atoms with Crippen molar-refractivity contribution >= 4 is 11.6 Å². The Morgan fingerprint density at radius 2 is 1.49 bits per heavy atom. The molecule has 9 heteroatoms. The Kier molecular flexibility index (Phi) is 8.19. The van der Waals surface area contributed by atoms with Crippen LogP contribution in [0.4, 0.5) is 0 Å². The molecule has 0 spiro atoms. The highest BCUT2D eigenvalue weighted by Crippen LogP contribution is 2.43. The van der Waals surface area contributed by atoms with Crippen LogP contribution in [-0.2, 0) is 9.47 Å². The lowest BCUT2D eigenvalue weighted by atomic mass is 9.89. The molecule has 0 N–H and O–H groups in total. The Morgan fingerprint density at radius 3 is 2.05 bits per heavy atom. The van der Waals surface area contributed by atoms with Crippen LogP contribution in [0.15, 0.2) is 79.9 Å². The average molecular weight is 535 g/mol. The van der Waals surface area contributed by atoms with Crippen molar-refractivity contribution in [3.05, 3.63) is 79.9 Å². The highest BCUT2D eigenvalue weighted by Gasteiger charge is 2.41. The maximum Gasteiger partial charge on any atom is 0.191 e. The SMILES string of the molecule is CC1(C)OC(=C(C#N)C#N)C(C#N)=C1/C=C/C1=C(Cl)C(=C\C=C2\C(C#N)=C(C(C#N)C#N)OC2(C)C)/CCC1. The molecule has 0 fully saturated rings. The first-order chi connectivity index (χ1) is 18.5. The van der Waals surface area contributed by atoms with E-state index in [2.05, 4.69) is 12.1 Å². The number of hydrogen-bond acceptors (Lipinski definition) is 8. The van der Waals surface area contributed by atoms with Crippen molar-refractivity contribution in [2.45, 2.75) is 58.2 Å². The van der Waals surface area contributed by atoms with Gasteiger partial charge in [-0.25, -0.2) is 0 Å². The Morgan fingerprint density at radius 1 is 0.846 bits per heavy atom. The monoisotopic (exact) mass is 534 g/mol. The number of rotatable bonds is 4. The van der Waals surface area contributed by atoms with Gasteiger partial charge in [-0.3, -0.25) is 0 Å². The summed E-state index contributed by atoms with van der Waals surface area (Å²) < 4.78 is 11.7. The third-order valence-electron chi connectivity index (χ3n) is 6.58. The van der Waals surface area contributed by atoms with Crippen LogP contribution in [0.1, 0.15) is 47.0 Å². The lowest BCUT2D eigenvalue weighted by molar-refractivity contribution is 0.0805. The second-order valence-electron chi connectivity index (χ2n) is 9.89. The first-order valence-corrected chi connectivity index (χ1v) is 12.4. The van der Waals surface area contributed by atoms with Gasteiger partial charge < -0.3 is 9.47 Å². The smallest absolute Gasteiger partial charge is 0.191 e. The molecule has 8 nitrogen and oxygen atoms in total. The molecule has 0 radical (unpaired) electrons. The summed E-state index contributed by atoms with van der Waals surface area (Å²) in [5, 5.41) is 57.2. The standard InChI is InChI=1S/C30H23ClN6O2/c1-29(2)24(22(16-36)27(38-29)20(12-32)13-33)10-8-18-6-5-7-19(26(18)31)9-11-25-23(17-37)28(21(14-34)15-35)39-30(25,3)4/h8-11,20H,5-7H2,1-4H3/b11-9+,18-8-,24-10-. The van der Waals surface area contributed by atoms with E-state index in [0.29, 0.717) is 29.0 Å². The topological polar surface area (TPSA) is 161 Å². The van der Waals surface area contributed by atoms with Gasteiger partial charge in [-0.15, -0.1) is 0 Å². The lowest BCUT2D eigenvalue weighted by Crippen LogP contribution is -2.22. The largest absolute Gasteiger partial charge is 0.484 e. The third kappa shape index (κ3) is 5.35. The highest BCUT2D eigenvalue weighted by atomic mass is 35.5.